The SMILES string of the molecule is CC(=NNC=O)C(C)=NNC=O. The molecule has 0 fully saturated rings. The van der Waals surface area contributed by atoms with Gasteiger partial charge in [-0.15, -0.1) is 0 Å². The van der Waals surface area contributed by atoms with E-state index >= 15 is 0 Å². The number of hydrazone groups is 2. The minimum atomic E-state index is 0.448. The first-order valence-corrected chi connectivity index (χ1v) is 3.19. The molecular weight excluding hydrogens is 160 g/mol. The van der Waals surface area contributed by atoms with Crippen LogP contribution in [-0.2, 0) is 9.59 Å². The monoisotopic (exact) mass is 170 g/mol. The van der Waals surface area contributed by atoms with Crippen molar-refractivity contribution < 1.29 is 9.59 Å². The Kier molecular flexibility index (Phi) is 5.16. The number of hydrogen-bond donors (Lipinski definition) is 2. The van der Waals surface area contributed by atoms with Gasteiger partial charge in [-0.25, -0.2) is 10.9 Å². The summed E-state index contributed by atoms with van der Waals surface area (Å²) in [5.41, 5.74) is 5.28. The minimum absolute atomic E-state index is 0.448. The summed E-state index contributed by atoms with van der Waals surface area (Å²) in [6.45, 7) is 3.31. The highest BCUT2D eigenvalue weighted by Gasteiger charge is 1.94. The van der Waals surface area contributed by atoms with E-state index in [0.717, 1.165) is 0 Å². The second-order valence-corrected chi connectivity index (χ2v) is 1.89. The molecule has 0 aromatic rings. The zero-order chi connectivity index (χ0) is 9.40. The van der Waals surface area contributed by atoms with Crippen molar-refractivity contribution in [3.63, 3.8) is 0 Å². The van der Waals surface area contributed by atoms with E-state index in [4.69, 9.17) is 0 Å². The third-order valence-electron chi connectivity index (χ3n) is 1.09. The average Bonchev–Trinajstić information content (AvgIpc) is 2.10. The minimum Gasteiger partial charge on any atom is -0.277 e. The van der Waals surface area contributed by atoms with E-state index in [1.165, 1.54) is 0 Å². The first-order valence-electron chi connectivity index (χ1n) is 3.19. The van der Waals surface area contributed by atoms with Crippen LogP contribution in [0, 0.1) is 0 Å². The van der Waals surface area contributed by atoms with Crippen LogP contribution in [-0.4, -0.2) is 24.2 Å². The summed E-state index contributed by atoms with van der Waals surface area (Å²) < 4.78 is 0. The lowest BCUT2D eigenvalue weighted by molar-refractivity contribution is -0.110. The molecule has 0 bridgehead atoms. The molecule has 0 saturated carbocycles. The van der Waals surface area contributed by atoms with Crippen molar-refractivity contribution in [2.24, 2.45) is 10.2 Å². The van der Waals surface area contributed by atoms with E-state index in [0.29, 0.717) is 24.2 Å². The highest BCUT2D eigenvalue weighted by atomic mass is 16.1. The largest absolute Gasteiger partial charge is 0.277 e. The van der Waals surface area contributed by atoms with Crippen molar-refractivity contribution >= 4 is 24.2 Å². The summed E-state index contributed by atoms with van der Waals surface area (Å²) in [5.74, 6) is 0. The number of carbonyl (C=O) groups is 2. The summed E-state index contributed by atoms with van der Waals surface area (Å²) in [6.07, 6.45) is 0.897. The number of carbonyl (C=O) groups excluding carboxylic acids is 2. The van der Waals surface area contributed by atoms with E-state index in [-0.39, 0.29) is 0 Å². The molecule has 0 saturated heterocycles. The lowest BCUT2D eigenvalue weighted by Gasteiger charge is -1.96. The lowest BCUT2D eigenvalue weighted by atomic mass is 10.3. The molecule has 2 amide bonds. The summed E-state index contributed by atoms with van der Waals surface area (Å²) >= 11 is 0. The predicted molar refractivity (Wildman–Crippen MR) is 44.6 cm³/mol. The van der Waals surface area contributed by atoms with Gasteiger partial charge in [0.25, 0.3) is 0 Å². The van der Waals surface area contributed by atoms with Crippen LogP contribution in [0.15, 0.2) is 10.2 Å². The molecular formula is C6H10N4O2. The molecule has 0 unspecified atom stereocenters. The molecule has 0 aliphatic rings. The van der Waals surface area contributed by atoms with Crippen LogP contribution < -0.4 is 10.9 Å². The Balaban J connectivity index is 4.15. The van der Waals surface area contributed by atoms with Crippen molar-refractivity contribution in [1.29, 1.82) is 0 Å². The fourth-order valence-electron chi connectivity index (χ4n) is 0.408. The Bertz CT molecular complexity index is 198. The van der Waals surface area contributed by atoms with Gasteiger partial charge in [0, 0.05) is 0 Å². The maximum absolute atomic E-state index is 9.82. The van der Waals surface area contributed by atoms with Gasteiger partial charge in [0.15, 0.2) is 0 Å². The number of hydrogen-bond acceptors (Lipinski definition) is 4. The zero-order valence-corrected chi connectivity index (χ0v) is 6.87. The molecule has 0 aliphatic carbocycles. The van der Waals surface area contributed by atoms with E-state index in [9.17, 15) is 9.59 Å². The molecule has 0 spiro atoms. The molecule has 0 aliphatic heterocycles. The van der Waals surface area contributed by atoms with Crippen LogP contribution in [0.3, 0.4) is 0 Å². The van der Waals surface area contributed by atoms with Gasteiger partial charge in [-0.1, -0.05) is 0 Å². The summed E-state index contributed by atoms with van der Waals surface area (Å²) in [5, 5.41) is 7.21. The van der Waals surface area contributed by atoms with Crippen LogP contribution in [0.5, 0.6) is 0 Å². The molecule has 0 aromatic heterocycles. The smallest absolute Gasteiger partial charge is 0.227 e. The van der Waals surface area contributed by atoms with Crippen LogP contribution in [0.1, 0.15) is 13.8 Å². The van der Waals surface area contributed by atoms with Gasteiger partial charge in [0.05, 0.1) is 11.4 Å². The summed E-state index contributed by atoms with van der Waals surface area (Å²) in [6, 6.07) is 0. The maximum Gasteiger partial charge on any atom is 0.227 e. The third-order valence-corrected chi connectivity index (χ3v) is 1.09. The van der Waals surface area contributed by atoms with E-state index < -0.39 is 0 Å². The van der Waals surface area contributed by atoms with Crippen molar-refractivity contribution in [2.45, 2.75) is 13.8 Å². The third kappa shape index (κ3) is 4.15. The number of amides is 2. The molecule has 0 heterocycles. The Hall–Kier alpha value is -1.72. The lowest BCUT2D eigenvalue weighted by Crippen LogP contribution is -2.15. The maximum atomic E-state index is 9.82. The number of nitrogens with one attached hydrogen (secondary N) is 2. The van der Waals surface area contributed by atoms with Crippen LogP contribution in [0.4, 0.5) is 0 Å². The van der Waals surface area contributed by atoms with Gasteiger partial charge in [-0.2, -0.15) is 10.2 Å². The Morgan fingerprint density at radius 3 is 1.58 bits per heavy atom. The van der Waals surface area contributed by atoms with Gasteiger partial charge in [-0.05, 0) is 13.8 Å². The van der Waals surface area contributed by atoms with E-state index in [1.54, 1.807) is 13.8 Å². The molecule has 0 rings (SSSR count). The second kappa shape index (κ2) is 6.02. The van der Waals surface area contributed by atoms with Crippen molar-refractivity contribution in [2.75, 3.05) is 0 Å². The highest BCUT2D eigenvalue weighted by Crippen LogP contribution is 1.79. The fourth-order valence-corrected chi connectivity index (χ4v) is 0.408. The van der Waals surface area contributed by atoms with Crippen molar-refractivity contribution in [3.8, 4) is 0 Å². The molecule has 66 valence electrons. The standard InChI is InChI=1S/C6H10N4O2/c1-5(9-7-3-11)6(2)10-8-4-12/h3-4H,1-2H3,(H,7,11)(H,8,12). The molecule has 0 atom stereocenters. The quantitative estimate of drug-likeness (QED) is 0.322. The molecule has 6 nitrogen and oxygen atoms in total. The molecule has 12 heavy (non-hydrogen) atoms. The van der Waals surface area contributed by atoms with E-state index in [1.807, 2.05) is 0 Å². The van der Waals surface area contributed by atoms with Crippen molar-refractivity contribution in [1.82, 2.24) is 10.9 Å². The summed E-state index contributed by atoms with van der Waals surface area (Å²) in [4.78, 5) is 19.6. The topological polar surface area (TPSA) is 82.9 Å². The fraction of sp³-hybridized carbons (Fsp3) is 0.333. The van der Waals surface area contributed by atoms with Crippen LogP contribution in [0.25, 0.3) is 0 Å². The Labute approximate surface area is 69.7 Å². The molecule has 0 aromatic carbocycles. The van der Waals surface area contributed by atoms with Crippen LogP contribution >= 0.6 is 0 Å². The zero-order valence-electron chi connectivity index (χ0n) is 6.87. The predicted octanol–water partition coefficient (Wildman–Crippen LogP) is -0.770. The molecule has 0 radical (unpaired) electrons. The van der Waals surface area contributed by atoms with Gasteiger partial charge < -0.3 is 0 Å². The number of rotatable bonds is 5. The molecule has 2 N–H and O–H groups in total. The van der Waals surface area contributed by atoms with Crippen molar-refractivity contribution in [3.05, 3.63) is 0 Å². The highest BCUT2D eigenvalue weighted by molar-refractivity contribution is 6.40. The Morgan fingerprint density at radius 2 is 1.33 bits per heavy atom. The normalized spacial score (nSPS) is 12.2. The van der Waals surface area contributed by atoms with Gasteiger partial charge >= 0.3 is 0 Å². The van der Waals surface area contributed by atoms with E-state index in [2.05, 4.69) is 21.1 Å². The number of nitrogens with zero attached hydrogens (tertiary/aromatic N) is 2. The second-order valence-electron chi connectivity index (χ2n) is 1.89. The first kappa shape index (κ1) is 10.3. The summed E-state index contributed by atoms with van der Waals surface area (Å²) in [7, 11) is 0. The molecule has 6 heteroatoms. The van der Waals surface area contributed by atoms with Gasteiger partial charge in [0.1, 0.15) is 0 Å². The van der Waals surface area contributed by atoms with Crippen LogP contribution in [0.2, 0.25) is 0 Å². The first-order chi connectivity index (χ1) is 5.72. The van der Waals surface area contributed by atoms with Gasteiger partial charge in [0.2, 0.25) is 12.8 Å². The Morgan fingerprint density at radius 1 is 1.00 bits per heavy atom. The van der Waals surface area contributed by atoms with Gasteiger partial charge in [-0.3, -0.25) is 9.59 Å². The average molecular weight is 170 g/mol.